The number of benzene rings is 2. The summed E-state index contributed by atoms with van der Waals surface area (Å²) in [7, 11) is 0. The highest BCUT2D eigenvalue weighted by molar-refractivity contribution is 5.92. The van der Waals surface area contributed by atoms with Crippen LogP contribution in [0.4, 0.5) is 4.39 Å². The number of nitrogens with zero attached hydrogens (tertiary/aromatic N) is 1. The van der Waals surface area contributed by atoms with E-state index in [1.165, 1.54) is 12.1 Å². The Morgan fingerprint density at radius 1 is 1.12 bits per heavy atom. The molecular formula is C21H20FN3O. The molecule has 132 valence electrons. The maximum Gasteiger partial charge on any atom is 0.246 e. The summed E-state index contributed by atoms with van der Waals surface area (Å²) in [5, 5.41) is 2.88. The maximum absolute atomic E-state index is 13.0. The van der Waals surface area contributed by atoms with E-state index in [2.05, 4.69) is 15.3 Å². The van der Waals surface area contributed by atoms with Gasteiger partial charge in [0.05, 0.1) is 11.9 Å². The highest BCUT2D eigenvalue weighted by atomic mass is 19.1. The van der Waals surface area contributed by atoms with Crippen molar-refractivity contribution in [1.29, 1.82) is 0 Å². The summed E-state index contributed by atoms with van der Waals surface area (Å²) in [5.74, 6) is 0.414. The average molecular weight is 349 g/mol. The lowest BCUT2D eigenvalue weighted by molar-refractivity contribution is -0.117. The summed E-state index contributed by atoms with van der Waals surface area (Å²) < 4.78 is 13.0. The third kappa shape index (κ3) is 4.06. The highest BCUT2D eigenvalue weighted by Gasteiger charge is 2.07. The summed E-state index contributed by atoms with van der Waals surface area (Å²) in [5.41, 5.74) is 4.36. The van der Waals surface area contributed by atoms with Gasteiger partial charge in [0.1, 0.15) is 11.6 Å². The summed E-state index contributed by atoms with van der Waals surface area (Å²) in [6, 6.07) is 14.1. The molecule has 0 saturated heterocycles. The molecule has 0 bridgehead atoms. The van der Waals surface area contributed by atoms with Gasteiger partial charge in [0, 0.05) is 17.7 Å². The summed E-state index contributed by atoms with van der Waals surface area (Å²) in [6.07, 6.45) is 3.52. The van der Waals surface area contributed by atoms with Crippen molar-refractivity contribution >= 4 is 5.91 Å². The second kappa shape index (κ2) is 7.78. The van der Waals surface area contributed by atoms with Crippen molar-refractivity contribution in [2.24, 2.45) is 0 Å². The number of amides is 1. The Hall–Kier alpha value is -3.21. The molecule has 3 aromatic rings. The molecule has 3 rings (SSSR count). The van der Waals surface area contributed by atoms with Crippen molar-refractivity contribution in [1.82, 2.24) is 15.3 Å². The van der Waals surface area contributed by atoms with Gasteiger partial charge >= 0.3 is 0 Å². The molecule has 0 atom stereocenters. The van der Waals surface area contributed by atoms with E-state index in [1.807, 2.05) is 31.2 Å². The van der Waals surface area contributed by atoms with Crippen LogP contribution in [0.3, 0.4) is 0 Å². The van der Waals surface area contributed by atoms with Crippen molar-refractivity contribution in [2.45, 2.75) is 20.4 Å². The van der Waals surface area contributed by atoms with Gasteiger partial charge in [-0.2, -0.15) is 0 Å². The fraction of sp³-hybridized carbons (Fsp3) is 0.143. The topological polar surface area (TPSA) is 57.8 Å². The summed E-state index contributed by atoms with van der Waals surface area (Å²) >= 11 is 0. The molecule has 2 aromatic carbocycles. The predicted octanol–water partition coefficient (Wildman–Crippen LogP) is 4.47. The Bertz CT molecular complexity index is 925. The first-order chi connectivity index (χ1) is 12.6. The lowest BCUT2D eigenvalue weighted by Gasteiger charge is -2.06. The van der Waals surface area contributed by atoms with Crippen molar-refractivity contribution < 1.29 is 9.18 Å². The van der Waals surface area contributed by atoms with Crippen LogP contribution in [0, 0.1) is 5.82 Å². The minimum absolute atomic E-state index is 0.0634. The third-order valence-electron chi connectivity index (χ3n) is 4.20. The van der Waals surface area contributed by atoms with Gasteiger partial charge in [-0.25, -0.2) is 9.37 Å². The van der Waals surface area contributed by atoms with Crippen LogP contribution in [0.5, 0.6) is 0 Å². The van der Waals surface area contributed by atoms with E-state index >= 15 is 0 Å². The number of halogens is 1. The second-order valence-corrected chi connectivity index (χ2v) is 6.00. The number of hydrogen-bond donors (Lipinski definition) is 2. The molecule has 0 radical (unpaired) electrons. The molecule has 4 nitrogen and oxygen atoms in total. The Kier molecular flexibility index (Phi) is 5.27. The predicted molar refractivity (Wildman–Crippen MR) is 101 cm³/mol. The number of nitrogens with one attached hydrogen (secondary N) is 2. The normalized spacial score (nSPS) is 11.4. The fourth-order valence-corrected chi connectivity index (χ4v) is 2.48. The van der Waals surface area contributed by atoms with Crippen LogP contribution in [0.25, 0.3) is 22.6 Å². The van der Waals surface area contributed by atoms with Gasteiger partial charge < -0.3 is 10.3 Å². The molecule has 0 aliphatic rings. The van der Waals surface area contributed by atoms with Crippen molar-refractivity contribution in [3.05, 3.63) is 77.8 Å². The molecule has 0 aliphatic heterocycles. The maximum atomic E-state index is 13.0. The first-order valence-corrected chi connectivity index (χ1v) is 8.38. The number of aromatic nitrogens is 2. The number of carbonyl (C=O) groups excluding carboxylic acids is 1. The fourth-order valence-electron chi connectivity index (χ4n) is 2.48. The average Bonchev–Trinajstić information content (AvgIpc) is 3.16. The molecule has 1 amide bonds. The number of hydrogen-bond acceptors (Lipinski definition) is 2. The third-order valence-corrected chi connectivity index (χ3v) is 4.20. The largest absolute Gasteiger partial charge is 0.348 e. The van der Waals surface area contributed by atoms with Crippen LogP contribution >= 0.6 is 0 Å². The summed E-state index contributed by atoms with van der Waals surface area (Å²) in [4.78, 5) is 19.4. The Morgan fingerprint density at radius 2 is 1.77 bits per heavy atom. The van der Waals surface area contributed by atoms with Crippen molar-refractivity contribution in [2.75, 3.05) is 0 Å². The zero-order chi connectivity index (χ0) is 18.5. The van der Waals surface area contributed by atoms with Crippen molar-refractivity contribution in [3.8, 4) is 22.6 Å². The zero-order valence-corrected chi connectivity index (χ0v) is 14.7. The number of allylic oxidation sites excluding steroid dienone is 1. The Labute approximate surface area is 151 Å². The van der Waals surface area contributed by atoms with Gasteiger partial charge in [0.25, 0.3) is 0 Å². The van der Waals surface area contributed by atoms with E-state index in [9.17, 15) is 9.18 Å². The van der Waals surface area contributed by atoms with E-state index < -0.39 is 0 Å². The smallest absolute Gasteiger partial charge is 0.246 e. The molecule has 0 unspecified atom stereocenters. The lowest BCUT2D eigenvalue weighted by atomic mass is 10.1. The van der Waals surface area contributed by atoms with Crippen molar-refractivity contribution in [3.63, 3.8) is 0 Å². The molecule has 5 heteroatoms. The molecule has 26 heavy (non-hydrogen) atoms. The zero-order valence-electron chi connectivity index (χ0n) is 14.7. The van der Waals surface area contributed by atoms with E-state index in [0.29, 0.717) is 12.1 Å². The number of carbonyl (C=O) groups is 1. The van der Waals surface area contributed by atoms with Gasteiger partial charge in [-0.3, -0.25) is 4.79 Å². The molecule has 1 aromatic heterocycles. The minimum atomic E-state index is -0.263. The van der Waals surface area contributed by atoms with Crippen LogP contribution < -0.4 is 5.32 Å². The standard InChI is InChI=1S/C21H20FN3O/c1-3-14(2)21(26)24-12-15-4-6-17(7-5-15)20-23-13-19(25-20)16-8-10-18(22)11-9-16/h3-11,13H,12H2,1-2H3,(H,23,25)(H,24,26)/b14-3+. The Morgan fingerprint density at radius 3 is 2.42 bits per heavy atom. The number of imidazole rings is 1. The molecule has 1 heterocycles. The van der Waals surface area contributed by atoms with E-state index in [-0.39, 0.29) is 11.7 Å². The van der Waals surface area contributed by atoms with E-state index in [0.717, 1.165) is 28.2 Å². The first-order valence-electron chi connectivity index (χ1n) is 8.38. The number of rotatable bonds is 5. The minimum Gasteiger partial charge on any atom is -0.348 e. The first kappa shape index (κ1) is 17.6. The van der Waals surface area contributed by atoms with E-state index in [4.69, 9.17) is 0 Å². The van der Waals surface area contributed by atoms with Gasteiger partial charge in [-0.15, -0.1) is 0 Å². The summed E-state index contributed by atoms with van der Waals surface area (Å²) in [6.45, 7) is 4.10. The van der Waals surface area contributed by atoms with Crippen LogP contribution in [0.1, 0.15) is 19.4 Å². The number of aromatic amines is 1. The lowest BCUT2D eigenvalue weighted by Crippen LogP contribution is -2.23. The Balaban J connectivity index is 1.69. The van der Waals surface area contributed by atoms with Gasteiger partial charge in [-0.05, 0) is 49.2 Å². The van der Waals surface area contributed by atoms with E-state index in [1.54, 1.807) is 31.3 Å². The SMILES string of the molecule is C/C=C(\C)C(=O)NCc1ccc(-c2ncc(-c3ccc(F)cc3)[nH]2)cc1. The van der Waals surface area contributed by atoms with Crippen LogP contribution in [0.2, 0.25) is 0 Å². The van der Waals surface area contributed by atoms with Gasteiger partial charge in [0.2, 0.25) is 5.91 Å². The van der Waals surface area contributed by atoms with Gasteiger partial charge in [0.15, 0.2) is 0 Å². The quantitative estimate of drug-likeness (QED) is 0.668. The number of H-pyrrole nitrogens is 1. The monoisotopic (exact) mass is 349 g/mol. The van der Waals surface area contributed by atoms with Crippen LogP contribution in [0.15, 0.2) is 66.4 Å². The van der Waals surface area contributed by atoms with Gasteiger partial charge in [-0.1, -0.05) is 30.3 Å². The highest BCUT2D eigenvalue weighted by Crippen LogP contribution is 2.22. The van der Waals surface area contributed by atoms with Crippen LogP contribution in [-0.2, 0) is 11.3 Å². The molecule has 0 saturated carbocycles. The molecule has 0 aliphatic carbocycles. The molecule has 0 spiro atoms. The second-order valence-electron chi connectivity index (χ2n) is 6.00. The molecular weight excluding hydrogens is 329 g/mol. The molecule has 0 fully saturated rings. The van der Waals surface area contributed by atoms with Crippen LogP contribution in [-0.4, -0.2) is 15.9 Å². The molecule has 2 N–H and O–H groups in total.